The van der Waals surface area contributed by atoms with Crippen LogP contribution in [0.2, 0.25) is 0 Å². The van der Waals surface area contributed by atoms with E-state index in [0.717, 1.165) is 6.54 Å². The number of aliphatic hydroxyl groups is 1. The van der Waals surface area contributed by atoms with Crippen molar-refractivity contribution in [3.05, 3.63) is 18.7 Å². The molecule has 0 radical (unpaired) electrons. The van der Waals surface area contributed by atoms with E-state index in [4.69, 9.17) is 5.11 Å². The third kappa shape index (κ3) is 9.13. The smallest absolute Gasteiger partial charge is 0.0919 e. The Morgan fingerprint density at radius 1 is 1.55 bits per heavy atom. The molecule has 1 heterocycles. The lowest BCUT2D eigenvalue weighted by Gasteiger charge is -2.03. The molecule has 0 saturated carbocycles. The van der Waals surface area contributed by atoms with Crippen LogP contribution >= 0.6 is 0 Å². The molecule has 0 bridgehead atoms. The van der Waals surface area contributed by atoms with Gasteiger partial charge in [0.25, 0.3) is 0 Å². The monoisotopic (exact) mass is 157 g/mol. The van der Waals surface area contributed by atoms with Gasteiger partial charge in [-0.15, -0.1) is 0 Å². The topological polar surface area (TPSA) is 52.1 Å². The standard InChI is InChI=1S/C4H11NO.C3H4N2/c1-5(2)3-4-6;1-2-5-3-4-1/h6H,3-4H2,1-2H3;1-3H,(H,4,5). The van der Waals surface area contributed by atoms with Gasteiger partial charge in [0, 0.05) is 18.9 Å². The quantitative estimate of drug-likeness (QED) is 0.633. The van der Waals surface area contributed by atoms with Crippen LogP contribution in [0, 0.1) is 0 Å². The van der Waals surface area contributed by atoms with Crippen molar-refractivity contribution in [1.82, 2.24) is 14.9 Å². The van der Waals surface area contributed by atoms with Gasteiger partial charge >= 0.3 is 0 Å². The highest BCUT2D eigenvalue weighted by Crippen LogP contribution is 1.66. The average Bonchev–Trinajstić information content (AvgIpc) is 2.41. The first-order valence-corrected chi connectivity index (χ1v) is 3.45. The van der Waals surface area contributed by atoms with Crippen LogP contribution in [0.5, 0.6) is 0 Å². The molecule has 0 atom stereocenters. The Kier molecular flexibility index (Phi) is 6.67. The minimum absolute atomic E-state index is 0.257. The summed E-state index contributed by atoms with van der Waals surface area (Å²) in [5.41, 5.74) is 0. The molecular formula is C7H15N3O. The molecule has 0 unspecified atom stereocenters. The van der Waals surface area contributed by atoms with Crippen molar-refractivity contribution in [3.8, 4) is 0 Å². The lowest BCUT2D eigenvalue weighted by Crippen LogP contribution is -2.15. The van der Waals surface area contributed by atoms with Crippen molar-refractivity contribution in [2.24, 2.45) is 0 Å². The van der Waals surface area contributed by atoms with Crippen molar-refractivity contribution in [2.45, 2.75) is 0 Å². The third-order valence-corrected chi connectivity index (χ3v) is 0.953. The number of likely N-dealkylation sites (N-methyl/N-ethyl adjacent to an activating group) is 1. The van der Waals surface area contributed by atoms with E-state index in [9.17, 15) is 0 Å². The van der Waals surface area contributed by atoms with Gasteiger partial charge in [0.1, 0.15) is 0 Å². The van der Waals surface area contributed by atoms with Crippen molar-refractivity contribution in [2.75, 3.05) is 27.2 Å². The zero-order valence-corrected chi connectivity index (χ0v) is 6.99. The van der Waals surface area contributed by atoms with Crippen LogP contribution in [0.15, 0.2) is 18.7 Å². The number of aromatic nitrogens is 2. The number of aliphatic hydroxyl groups excluding tert-OH is 1. The second-order valence-electron chi connectivity index (χ2n) is 2.29. The summed E-state index contributed by atoms with van der Waals surface area (Å²) in [6.45, 7) is 1.02. The summed E-state index contributed by atoms with van der Waals surface area (Å²) in [5.74, 6) is 0. The Morgan fingerprint density at radius 2 is 2.27 bits per heavy atom. The van der Waals surface area contributed by atoms with Gasteiger partial charge in [0.15, 0.2) is 0 Å². The van der Waals surface area contributed by atoms with E-state index in [-0.39, 0.29) is 6.61 Å². The van der Waals surface area contributed by atoms with Crippen LogP contribution in [0.4, 0.5) is 0 Å². The molecule has 1 rings (SSSR count). The van der Waals surface area contributed by atoms with Gasteiger partial charge in [0.2, 0.25) is 0 Å². The fourth-order valence-corrected chi connectivity index (χ4v) is 0.415. The molecule has 0 aromatic carbocycles. The van der Waals surface area contributed by atoms with Gasteiger partial charge in [-0.1, -0.05) is 0 Å². The Balaban J connectivity index is 0.000000183. The normalized spacial score (nSPS) is 9.09. The summed E-state index contributed by atoms with van der Waals surface area (Å²) in [6, 6.07) is 0. The zero-order valence-electron chi connectivity index (χ0n) is 6.99. The highest BCUT2D eigenvalue weighted by molar-refractivity contribution is 4.64. The first-order valence-electron chi connectivity index (χ1n) is 3.45. The molecule has 1 aromatic heterocycles. The summed E-state index contributed by atoms with van der Waals surface area (Å²) in [7, 11) is 3.85. The molecule has 0 amide bonds. The summed E-state index contributed by atoms with van der Waals surface area (Å²) in [5, 5.41) is 8.20. The van der Waals surface area contributed by atoms with Gasteiger partial charge in [0.05, 0.1) is 12.9 Å². The molecule has 1 aromatic rings. The van der Waals surface area contributed by atoms with Crippen molar-refractivity contribution in [1.29, 1.82) is 0 Å². The molecule has 11 heavy (non-hydrogen) atoms. The minimum atomic E-state index is 0.257. The van der Waals surface area contributed by atoms with Crippen LogP contribution in [0.1, 0.15) is 0 Å². The Hall–Kier alpha value is -0.870. The molecule has 2 N–H and O–H groups in total. The lowest BCUT2D eigenvalue weighted by atomic mass is 10.6. The van der Waals surface area contributed by atoms with Crippen molar-refractivity contribution >= 4 is 0 Å². The molecule has 0 aliphatic carbocycles. The van der Waals surface area contributed by atoms with E-state index in [1.807, 2.05) is 19.0 Å². The molecule has 0 aliphatic rings. The number of H-pyrrole nitrogens is 1. The predicted octanol–water partition coefficient (Wildman–Crippen LogP) is -0.0500. The maximum absolute atomic E-state index is 8.20. The lowest BCUT2D eigenvalue weighted by molar-refractivity contribution is 0.243. The van der Waals surface area contributed by atoms with E-state index >= 15 is 0 Å². The molecule has 0 aliphatic heterocycles. The molecular weight excluding hydrogens is 142 g/mol. The van der Waals surface area contributed by atoms with E-state index in [0.29, 0.717) is 0 Å². The fourth-order valence-electron chi connectivity index (χ4n) is 0.415. The van der Waals surface area contributed by atoms with E-state index in [1.165, 1.54) is 0 Å². The number of hydrogen-bond acceptors (Lipinski definition) is 3. The summed E-state index contributed by atoms with van der Waals surface area (Å²) in [6.07, 6.45) is 5.08. The third-order valence-electron chi connectivity index (χ3n) is 0.953. The van der Waals surface area contributed by atoms with Gasteiger partial charge in [-0.2, -0.15) is 0 Å². The number of aromatic amines is 1. The fraction of sp³-hybridized carbons (Fsp3) is 0.571. The van der Waals surface area contributed by atoms with Crippen LogP contribution in [0.3, 0.4) is 0 Å². The highest BCUT2D eigenvalue weighted by Gasteiger charge is 1.80. The average molecular weight is 157 g/mol. The van der Waals surface area contributed by atoms with E-state index in [1.54, 1.807) is 18.7 Å². The molecule has 0 saturated heterocycles. The first-order chi connectivity index (χ1) is 5.27. The largest absolute Gasteiger partial charge is 0.395 e. The van der Waals surface area contributed by atoms with E-state index < -0.39 is 0 Å². The summed E-state index contributed by atoms with van der Waals surface area (Å²) < 4.78 is 0. The van der Waals surface area contributed by atoms with Crippen molar-refractivity contribution < 1.29 is 5.11 Å². The molecule has 0 spiro atoms. The van der Waals surface area contributed by atoms with Crippen LogP contribution < -0.4 is 0 Å². The number of hydrogen-bond donors (Lipinski definition) is 2. The second kappa shape index (κ2) is 7.24. The van der Waals surface area contributed by atoms with Gasteiger partial charge in [-0.3, -0.25) is 0 Å². The SMILES string of the molecule is CN(C)CCO.c1c[nH]cn1. The van der Waals surface area contributed by atoms with Gasteiger partial charge in [-0.05, 0) is 14.1 Å². The van der Waals surface area contributed by atoms with Gasteiger partial charge < -0.3 is 15.0 Å². The van der Waals surface area contributed by atoms with Crippen LogP contribution in [-0.4, -0.2) is 47.2 Å². The maximum atomic E-state index is 8.20. The van der Waals surface area contributed by atoms with E-state index in [2.05, 4.69) is 9.97 Å². The highest BCUT2D eigenvalue weighted by atomic mass is 16.3. The number of imidazole rings is 1. The molecule has 0 fully saturated rings. The molecule has 4 nitrogen and oxygen atoms in total. The number of nitrogens with one attached hydrogen (secondary N) is 1. The summed E-state index contributed by atoms with van der Waals surface area (Å²) >= 11 is 0. The number of rotatable bonds is 2. The van der Waals surface area contributed by atoms with Crippen LogP contribution in [0.25, 0.3) is 0 Å². The Bertz CT molecular complexity index is 122. The molecule has 64 valence electrons. The van der Waals surface area contributed by atoms with Crippen LogP contribution in [-0.2, 0) is 0 Å². The second-order valence-corrected chi connectivity index (χ2v) is 2.29. The Morgan fingerprint density at radius 3 is 2.36 bits per heavy atom. The minimum Gasteiger partial charge on any atom is -0.395 e. The van der Waals surface area contributed by atoms with Gasteiger partial charge in [-0.25, -0.2) is 4.98 Å². The first kappa shape index (κ1) is 10.1. The Labute approximate surface area is 66.9 Å². The van der Waals surface area contributed by atoms with Crippen molar-refractivity contribution in [3.63, 3.8) is 0 Å². The zero-order chi connectivity index (χ0) is 8.53. The predicted molar refractivity (Wildman–Crippen MR) is 44.2 cm³/mol. The number of nitrogens with zero attached hydrogens (tertiary/aromatic N) is 2. The summed E-state index contributed by atoms with van der Waals surface area (Å²) in [4.78, 5) is 8.35. The molecule has 4 heteroatoms. The maximum Gasteiger partial charge on any atom is 0.0919 e.